The maximum Gasteiger partial charge on any atom is 0.255 e. The lowest BCUT2D eigenvalue weighted by Gasteiger charge is -2.10. The van der Waals surface area contributed by atoms with Gasteiger partial charge in [0.15, 0.2) is 5.16 Å². The molecular formula is C18H16ClN3O2S2. The molecule has 134 valence electrons. The first-order chi connectivity index (χ1) is 12.4. The zero-order valence-corrected chi connectivity index (χ0v) is 16.2. The Bertz CT molecular complexity index is 1050. The van der Waals surface area contributed by atoms with Gasteiger partial charge in [-0.3, -0.25) is 4.72 Å². The molecule has 0 aliphatic carbocycles. The molecule has 1 heterocycles. The van der Waals surface area contributed by atoms with Crippen LogP contribution >= 0.6 is 23.4 Å². The van der Waals surface area contributed by atoms with Crippen LogP contribution in [0.4, 0.5) is 5.69 Å². The number of nitrogens with zero attached hydrogens (tertiary/aromatic N) is 2. The Morgan fingerprint density at radius 3 is 2.62 bits per heavy atom. The highest BCUT2D eigenvalue weighted by Crippen LogP contribution is 2.32. The average molecular weight is 406 g/mol. The number of para-hydroxylation sites is 1. The molecule has 0 radical (unpaired) electrons. The van der Waals surface area contributed by atoms with Crippen LogP contribution in [0.3, 0.4) is 0 Å². The van der Waals surface area contributed by atoms with Gasteiger partial charge in [0.25, 0.3) is 10.0 Å². The molecule has 0 spiro atoms. The van der Waals surface area contributed by atoms with Crippen molar-refractivity contribution in [2.75, 3.05) is 4.72 Å². The van der Waals surface area contributed by atoms with Crippen LogP contribution < -0.4 is 4.72 Å². The van der Waals surface area contributed by atoms with Gasteiger partial charge in [0.05, 0.1) is 11.1 Å². The van der Waals surface area contributed by atoms with E-state index in [1.807, 2.05) is 29.9 Å². The maximum absolute atomic E-state index is 12.4. The van der Waals surface area contributed by atoms with Crippen molar-refractivity contribution >= 4 is 45.1 Å². The summed E-state index contributed by atoms with van der Waals surface area (Å²) in [6, 6.07) is 14.2. The second-order valence-electron chi connectivity index (χ2n) is 5.39. The summed E-state index contributed by atoms with van der Waals surface area (Å²) in [7, 11) is -1.81. The summed E-state index contributed by atoms with van der Waals surface area (Å²) in [6.45, 7) is 0. The smallest absolute Gasteiger partial charge is 0.255 e. The topological polar surface area (TPSA) is 64.0 Å². The summed E-state index contributed by atoms with van der Waals surface area (Å²) in [6.07, 6.45) is 5.00. The maximum atomic E-state index is 12.4. The minimum absolute atomic E-state index is 0.490. The van der Waals surface area contributed by atoms with E-state index < -0.39 is 10.0 Å². The third-order valence-corrected chi connectivity index (χ3v) is 5.94. The Kier molecular flexibility index (Phi) is 5.70. The molecule has 0 saturated carbocycles. The second-order valence-corrected chi connectivity index (χ2v) is 8.37. The van der Waals surface area contributed by atoms with E-state index in [1.54, 1.807) is 42.6 Å². The normalized spacial score (nSPS) is 11.8. The summed E-state index contributed by atoms with van der Waals surface area (Å²) in [5.74, 6) is 0. The molecule has 0 amide bonds. The molecule has 3 rings (SSSR count). The summed E-state index contributed by atoms with van der Waals surface area (Å²) < 4.78 is 29.3. The summed E-state index contributed by atoms with van der Waals surface area (Å²) in [5.41, 5.74) is 1.12. The Hall–Kier alpha value is -2.22. The summed E-state index contributed by atoms with van der Waals surface area (Å²) in [4.78, 5) is 5.02. The van der Waals surface area contributed by atoms with E-state index in [1.165, 1.54) is 17.8 Å². The van der Waals surface area contributed by atoms with E-state index >= 15 is 0 Å². The quantitative estimate of drug-likeness (QED) is 0.649. The van der Waals surface area contributed by atoms with Gasteiger partial charge in [0.2, 0.25) is 0 Å². The van der Waals surface area contributed by atoms with Crippen molar-refractivity contribution in [3.63, 3.8) is 0 Å². The molecule has 1 N–H and O–H groups in total. The number of aromatic nitrogens is 2. The van der Waals surface area contributed by atoms with Crippen LogP contribution in [0.15, 0.2) is 76.4 Å². The van der Waals surface area contributed by atoms with Gasteiger partial charge in [-0.2, -0.15) is 0 Å². The SMILES string of the molecule is Cn1ccnc1Sc1ccccc1NS(=O)(=O)/C=C/c1ccccc1Cl. The number of benzene rings is 2. The summed E-state index contributed by atoms with van der Waals surface area (Å²) >= 11 is 7.44. The number of aryl methyl sites for hydroxylation is 1. The zero-order valence-electron chi connectivity index (χ0n) is 13.8. The monoisotopic (exact) mass is 405 g/mol. The molecule has 26 heavy (non-hydrogen) atoms. The number of anilines is 1. The Morgan fingerprint density at radius 2 is 1.88 bits per heavy atom. The summed E-state index contributed by atoms with van der Waals surface area (Å²) in [5, 5.41) is 2.36. The number of nitrogens with one attached hydrogen (secondary N) is 1. The first-order valence-corrected chi connectivity index (χ1v) is 10.4. The van der Waals surface area contributed by atoms with Crippen LogP contribution in [0.25, 0.3) is 6.08 Å². The highest BCUT2D eigenvalue weighted by molar-refractivity contribution is 7.99. The average Bonchev–Trinajstić information content (AvgIpc) is 3.01. The van der Waals surface area contributed by atoms with Gasteiger partial charge in [0.1, 0.15) is 0 Å². The highest BCUT2D eigenvalue weighted by atomic mass is 35.5. The fraction of sp³-hybridized carbons (Fsp3) is 0.0556. The van der Waals surface area contributed by atoms with Crippen molar-refractivity contribution in [1.29, 1.82) is 0 Å². The Morgan fingerprint density at radius 1 is 1.15 bits per heavy atom. The fourth-order valence-electron chi connectivity index (χ4n) is 2.15. The van der Waals surface area contributed by atoms with Gasteiger partial charge in [-0.15, -0.1) is 0 Å². The molecule has 5 nitrogen and oxygen atoms in total. The zero-order chi connectivity index (χ0) is 18.6. The molecular weight excluding hydrogens is 390 g/mol. The molecule has 1 aromatic heterocycles. The highest BCUT2D eigenvalue weighted by Gasteiger charge is 2.12. The number of rotatable bonds is 6. The van der Waals surface area contributed by atoms with Crippen LogP contribution in [0.5, 0.6) is 0 Å². The van der Waals surface area contributed by atoms with Crippen LogP contribution in [0, 0.1) is 0 Å². The van der Waals surface area contributed by atoms with Gasteiger partial charge < -0.3 is 4.57 Å². The van der Waals surface area contributed by atoms with Crippen LogP contribution in [0.2, 0.25) is 5.02 Å². The lowest BCUT2D eigenvalue weighted by Crippen LogP contribution is -2.09. The minimum atomic E-state index is -3.69. The van der Waals surface area contributed by atoms with Crippen LogP contribution in [-0.4, -0.2) is 18.0 Å². The van der Waals surface area contributed by atoms with Crippen molar-refractivity contribution in [1.82, 2.24) is 9.55 Å². The van der Waals surface area contributed by atoms with E-state index in [9.17, 15) is 8.42 Å². The molecule has 0 fully saturated rings. The van der Waals surface area contributed by atoms with E-state index in [-0.39, 0.29) is 0 Å². The molecule has 2 aromatic carbocycles. The molecule has 8 heteroatoms. The number of hydrogen-bond donors (Lipinski definition) is 1. The number of imidazole rings is 1. The lowest BCUT2D eigenvalue weighted by atomic mass is 10.2. The molecule has 0 aliphatic heterocycles. The number of halogens is 1. The first kappa shape index (κ1) is 18.6. The van der Waals surface area contributed by atoms with Gasteiger partial charge >= 0.3 is 0 Å². The third-order valence-electron chi connectivity index (χ3n) is 3.45. The largest absolute Gasteiger partial charge is 0.329 e. The molecule has 0 saturated heterocycles. The van der Waals surface area contributed by atoms with Crippen molar-refractivity contribution in [3.8, 4) is 0 Å². The molecule has 0 aliphatic rings. The van der Waals surface area contributed by atoms with Crippen molar-refractivity contribution in [2.24, 2.45) is 7.05 Å². The lowest BCUT2D eigenvalue weighted by molar-refractivity contribution is 0.609. The standard InChI is InChI=1S/C18H16ClN3O2S2/c1-22-12-11-20-18(22)25-17-9-5-4-8-16(17)21-26(23,24)13-10-14-6-2-3-7-15(14)19/h2-13,21H,1H3/b13-10+. The van der Waals surface area contributed by atoms with E-state index in [4.69, 9.17) is 11.6 Å². The molecule has 0 atom stereocenters. The van der Waals surface area contributed by atoms with Crippen LogP contribution in [0.1, 0.15) is 5.56 Å². The fourth-order valence-corrected chi connectivity index (χ4v) is 4.18. The van der Waals surface area contributed by atoms with Gasteiger partial charge in [-0.25, -0.2) is 13.4 Å². The predicted molar refractivity (Wildman–Crippen MR) is 107 cm³/mol. The predicted octanol–water partition coefficient (Wildman–Crippen LogP) is 4.64. The van der Waals surface area contributed by atoms with E-state index in [2.05, 4.69) is 9.71 Å². The van der Waals surface area contributed by atoms with Crippen molar-refractivity contribution < 1.29 is 8.42 Å². The van der Waals surface area contributed by atoms with Crippen molar-refractivity contribution in [2.45, 2.75) is 10.1 Å². The Labute approximate surface area is 161 Å². The minimum Gasteiger partial charge on any atom is -0.329 e. The number of sulfonamides is 1. The van der Waals surface area contributed by atoms with Gasteiger partial charge in [-0.1, -0.05) is 41.9 Å². The molecule has 0 bridgehead atoms. The van der Waals surface area contributed by atoms with E-state index in [0.717, 1.165) is 15.5 Å². The third kappa shape index (κ3) is 4.69. The Balaban J connectivity index is 1.82. The molecule has 0 unspecified atom stereocenters. The van der Waals surface area contributed by atoms with Gasteiger partial charge in [-0.05, 0) is 41.6 Å². The van der Waals surface area contributed by atoms with Crippen LogP contribution in [-0.2, 0) is 17.1 Å². The van der Waals surface area contributed by atoms with Gasteiger partial charge in [0, 0.05) is 29.4 Å². The second kappa shape index (κ2) is 7.99. The molecule has 3 aromatic rings. The number of hydrogen-bond acceptors (Lipinski definition) is 4. The first-order valence-electron chi connectivity index (χ1n) is 7.64. The van der Waals surface area contributed by atoms with Crippen molar-refractivity contribution in [3.05, 3.63) is 76.9 Å². The van der Waals surface area contributed by atoms with E-state index in [0.29, 0.717) is 16.3 Å².